The summed E-state index contributed by atoms with van der Waals surface area (Å²) in [5.74, 6) is -0.266. The highest BCUT2D eigenvalue weighted by atomic mass is 128. The van der Waals surface area contributed by atoms with Crippen molar-refractivity contribution in [1.82, 2.24) is 5.32 Å². The van der Waals surface area contributed by atoms with Crippen molar-refractivity contribution in [2.75, 3.05) is 0 Å². The van der Waals surface area contributed by atoms with Crippen molar-refractivity contribution in [1.29, 1.82) is 0 Å². The van der Waals surface area contributed by atoms with Crippen molar-refractivity contribution in [3.8, 4) is 0 Å². The first-order valence-electron chi connectivity index (χ1n) is 5.25. The van der Waals surface area contributed by atoms with E-state index < -0.39 is 11.6 Å². The van der Waals surface area contributed by atoms with Crippen molar-refractivity contribution in [3.05, 3.63) is 0 Å². The molecule has 1 amide bonds. The first-order valence-corrected chi connectivity index (χ1v) is 11.5. The molecule has 1 heterocycles. The van der Waals surface area contributed by atoms with Crippen LogP contribution in [0.4, 0.5) is 0 Å². The van der Waals surface area contributed by atoms with Gasteiger partial charge in [0.15, 0.2) is 6.23 Å². The monoisotopic (exact) mass is 453 g/mol. The molecule has 1 saturated heterocycles. The van der Waals surface area contributed by atoms with Crippen LogP contribution < -0.4 is 5.32 Å². The summed E-state index contributed by atoms with van der Waals surface area (Å²) in [6, 6.07) is 0. The zero-order valence-corrected chi connectivity index (χ0v) is 14.0. The second-order valence-electron chi connectivity index (χ2n) is 3.56. The molecular formula is C10H17I2NO3. The van der Waals surface area contributed by atoms with Crippen molar-refractivity contribution in [3.63, 3.8) is 0 Å². The van der Waals surface area contributed by atoms with E-state index in [0.29, 0.717) is 19.3 Å². The van der Waals surface area contributed by atoms with Crippen LogP contribution in [0.3, 0.4) is 0 Å². The van der Waals surface area contributed by atoms with Crippen LogP contribution in [-0.4, -0.2) is 18.1 Å². The minimum absolute atomic E-state index is 0.00333. The summed E-state index contributed by atoms with van der Waals surface area (Å²) >= 11 is 4.24. The van der Waals surface area contributed by atoms with Gasteiger partial charge < -0.3 is 10.1 Å². The van der Waals surface area contributed by atoms with Gasteiger partial charge in [-0.15, -0.1) is 0 Å². The fourth-order valence-corrected chi connectivity index (χ4v) is 1.74. The third kappa shape index (κ3) is 3.21. The molecule has 94 valence electrons. The van der Waals surface area contributed by atoms with E-state index in [-0.39, 0.29) is 11.9 Å². The van der Waals surface area contributed by atoms with Gasteiger partial charge in [-0.2, -0.15) is 0 Å². The summed E-state index contributed by atoms with van der Waals surface area (Å²) in [6.45, 7) is 5.62. The first-order chi connectivity index (χ1) is 7.60. The van der Waals surface area contributed by atoms with Gasteiger partial charge in [-0.05, 0) is 12.8 Å². The predicted octanol–water partition coefficient (Wildman–Crippen LogP) is 2.97. The minimum atomic E-state index is -0.481. The molecule has 1 unspecified atom stereocenters. The van der Waals surface area contributed by atoms with Crippen molar-refractivity contribution in [2.24, 2.45) is 5.41 Å². The molecule has 0 aliphatic carbocycles. The molecule has 0 saturated carbocycles. The maximum absolute atomic E-state index is 11.4. The molecule has 1 rings (SSSR count). The lowest BCUT2D eigenvalue weighted by Crippen LogP contribution is -2.68. The Morgan fingerprint density at radius 1 is 1.38 bits per heavy atom. The quantitative estimate of drug-likeness (QED) is 0.405. The molecule has 4 nitrogen and oxygen atoms in total. The lowest BCUT2D eigenvalue weighted by Gasteiger charge is -2.46. The van der Waals surface area contributed by atoms with E-state index >= 15 is 0 Å². The van der Waals surface area contributed by atoms with Crippen LogP contribution in [0, 0.1) is 5.41 Å². The fourth-order valence-electron chi connectivity index (χ4n) is 1.74. The number of hydrogen-bond donors (Lipinski definition) is 1. The van der Waals surface area contributed by atoms with Crippen LogP contribution in [-0.2, 0) is 14.3 Å². The van der Waals surface area contributed by atoms with Gasteiger partial charge in [-0.3, -0.25) is 9.59 Å². The first kappa shape index (κ1) is 16.4. The molecule has 16 heavy (non-hydrogen) atoms. The molecule has 0 aromatic heterocycles. The second kappa shape index (κ2) is 7.67. The van der Waals surface area contributed by atoms with Crippen LogP contribution in [0.5, 0.6) is 0 Å². The number of β-lactam (4-membered cyclic amide) rings is 1. The average Bonchev–Trinajstić information content (AvgIpc) is 2.32. The number of rotatable bonds is 4. The topological polar surface area (TPSA) is 55.4 Å². The second-order valence-corrected chi connectivity index (χ2v) is 3.56. The zero-order chi connectivity index (χ0) is 12.8. The van der Waals surface area contributed by atoms with Crippen LogP contribution >= 0.6 is 37.2 Å². The van der Waals surface area contributed by atoms with E-state index in [1.807, 2.05) is 13.8 Å². The third-order valence-electron chi connectivity index (χ3n) is 3.02. The van der Waals surface area contributed by atoms with Gasteiger partial charge >= 0.3 is 5.97 Å². The standard InChI is InChI=1S/C10H17NO3.I2/c1-4-7(12)14-9-10(5-2,6-3)8(13)11-9;1-2/h9H,4-6H2,1-3H3,(H,11,13);. The number of carbonyl (C=O) groups is 2. The Hall–Kier alpha value is 0.400. The molecule has 0 spiro atoms. The number of esters is 1. The Labute approximate surface area is 120 Å². The molecule has 1 atom stereocenters. The Morgan fingerprint density at radius 3 is 2.19 bits per heavy atom. The van der Waals surface area contributed by atoms with Crippen molar-refractivity contribution < 1.29 is 14.3 Å². The van der Waals surface area contributed by atoms with Gasteiger partial charge in [-0.25, -0.2) is 0 Å². The summed E-state index contributed by atoms with van der Waals surface area (Å²) in [5.41, 5.74) is -0.481. The predicted molar refractivity (Wildman–Crippen MR) is 79.4 cm³/mol. The molecule has 0 aromatic carbocycles. The van der Waals surface area contributed by atoms with E-state index in [0.717, 1.165) is 0 Å². The van der Waals surface area contributed by atoms with E-state index in [2.05, 4.69) is 42.5 Å². The van der Waals surface area contributed by atoms with Gasteiger partial charge in [0.05, 0.1) is 0 Å². The fraction of sp³-hybridized carbons (Fsp3) is 0.800. The minimum Gasteiger partial charge on any atom is -0.440 e. The summed E-state index contributed by atoms with van der Waals surface area (Å²) in [7, 11) is 0. The lowest BCUT2D eigenvalue weighted by atomic mass is 9.73. The number of amides is 1. The van der Waals surface area contributed by atoms with Crippen molar-refractivity contribution >= 4 is 49.1 Å². The normalized spacial score (nSPS) is 21.1. The molecular weight excluding hydrogens is 436 g/mol. The van der Waals surface area contributed by atoms with Gasteiger partial charge in [0, 0.05) is 43.7 Å². The molecule has 0 radical (unpaired) electrons. The summed E-state index contributed by atoms with van der Waals surface area (Å²) in [4.78, 5) is 22.5. The Kier molecular flexibility index (Phi) is 7.87. The third-order valence-corrected chi connectivity index (χ3v) is 3.02. The highest BCUT2D eigenvalue weighted by Gasteiger charge is 2.54. The Balaban J connectivity index is 0.00000106. The average molecular weight is 453 g/mol. The molecule has 0 bridgehead atoms. The molecule has 1 fully saturated rings. The maximum Gasteiger partial charge on any atom is 0.307 e. The summed E-state index contributed by atoms with van der Waals surface area (Å²) in [6.07, 6.45) is 1.33. The van der Waals surface area contributed by atoms with Gasteiger partial charge in [0.25, 0.3) is 0 Å². The number of carbonyl (C=O) groups excluding carboxylic acids is 2. The SMILES string of the molecule is CCC(=O)OC1NC(=O)C1(CC)CC.II. The van der Waals surface area contributed by atoms with E-state index in [4.69, 9.17) is 4.74 Å². The van der Waals surface area contributed by atoms with Crippen LogP contribution in [0.15, 0.2) is 0 Å². The molecule has 1 aliphatic heterocycles. The largest absolute Gasteiger partial charge is 0.440 e. The van der Waals surface area contributed by atoms with E-state index in [1.54, 1.807) is 6.92 Å². The maximum atomic E-state index is 11.4. The van der Waals surface area contributed by atoms with Gasteiger partial charge in [-0.1, -0.05) is 20.8 Å². The van der Waals surface area contributed by atoms with Crippen LogP contribution in [0.25, 0.3) is 0 Å². The van der Waals surface area contributed by atoms with E-state index in [1.165, 1.54) is 0 Å². The summed E-state index contributed by atoms with van der Waals surface area (Å²) < 4.78 is 5.13. The zero-order valence-electron chi connectivity index (χ0n) is 9.68. The van der Waals surface area contributed by atoms with Crippen LogP contribution in [0.2, 0.25) is 0 Å². The number of nitrogens with one attached hydrogen (secondary N) is 1. The number of ether oxygens (including phenoxy) is 1. The van der Waals surface area contributed by atoms with E-state index in [9.17, 15) is 9.59 Å². The summed E-state index contributed by atoms with van der Waals surface area (Å²) in [5, 5.41) is 2.62. The number of halogens is 2. The van der Waals surface area contributed by atoms with Crippen molar-refractivity contribution in [2.45, 2.75) is 46.3 Å². The Bertz CT molecular complexity index is 254. The van der Waals surface area contributed by atoms with Gasteiger partial charge in [0.2, 0.25) is 5.91 Å². The molecule has 6 heteroatoms. The van der Waals surface area contributed by atoms with Crippen LogP contribution in [0.1, 0.15) is 40.0 Å². The molecule has 1 aliphatic rings. The van der Waals surface area contributed by atoms with Gasteiger partial charge in [0.1, 0.15) is 5.41 Å². The smallest absolute Gasteiger partial charge is 0.307 e. The Morgan fingerprint density at radius 2 is 1.88 bits per heavy atom. The highest BCUT2D eigenvalue weighted by Crippen LogP contribution is 2.38. The highest BCUT2D eigenvalue weighted by molar-refractivity contribution is 15.0. The molecule has 0 aromatic rings. The lowest BCUT2D eigenvalue weighted by molar-refractivity contribution is -0.184. The molecule has 1 N–H and O–H groups in total. The number of hydrogen-bond acceptors (Lipinski definition) is 3.